The minimum Gasteiger partial charge on any atom is -0.505 e. The van der Waals surface area contributed by atoms with Crippen molar-refractivity contribution in [3.05, 3.63) is 70.9 Å². The number of benzene rings is 1. The molecule has 0 saturated heterocycles. The van der Waals surface area contributed by atoms with Crippen LogP contribution >= 0.6 is 0 Å². The largest absolute Gasteiger partial charge is 0.505 e. The van der Waals surface area contributed by atoms with Gasteiger partial charge in [-0.25, -0.2) is 8.78 Å². The van der Waals surface area contributed by atoms with E-state index in [-0.39, 0.29) is 11.3 Å². The molecule has 6 heteroatoms. The second kappa shape index (κ2) is 9.08. The maximum Gasteiger partial charge on any atom is 0.267 e. The van der Waals surface area contributed by atoms with Gasteiger partial charge in [0.25, 0.3) is 6.43 Å². The van der Waals surface area contributed by atoms with Crippen LogP contribution in [0.25, 0.3) is 11.0 Å². The van der Waals surface area contributed by atoms with Gasteiger partial charge in [-0.05, 0) is 38.0 Å². The highest BCUT2D eigenvalue weighted by Gasteiger charge is 2.17. The van der Waals surface area contributed by atoms with E-state index in [0.29, 0.717) is 13.0 Å². The summed E-state index contributed by atoms with van der Waals surface area (Å²) < 4.78 is 26.7. The number of allylic oxidation sites excluding steroid dienone is 4. The van der Waals surface area contributed by atoms with Crippen molar-refractivity contribution in [3.63, 3.8) is 0 Å². The Balaban J connectivity index is 2.22. The van der Waals surface area contributed by atoms with Crippen molar-refractivity contribution in [3.8, 4) is 0 Å². The second-order valence-corrected chi connectivity index (χ2v) is 5.88. The Bertz CT molecular complexity index is 857. The van der Waals surface area contributed by atoms with Gasteiger partial charge >= 0.3 is 0 Å². The van der Waals surface area contributed by atoms with E-state index in [9.17, 15) is 13.9 Å². The average Bonchev–Trinajstić information content (AvgIpc) is 2.65. The van der Waals surface area contributed by atoms with Crippen molar-refractivity contribution in [2.45, 2.75) is 40.2 Å². The van der Waals surface area contributed by atoms with Gasteiger partial charge in [-0.2, -0.15) is 0 Å². The summed E-state index contributed by atoms with van der Waals surface area (Å²) in [4.78, 5) is 8.46. The molecule has 0 saturated carbocycles. The zero-order chi connectivity index (χ0) is 19.1. The first kappa shape index (κ1) is 19.6. The van der Waals surface area contributed by atoms with Crippen molar-refractivity contribution < 1.29 is 13.9 Å². The Morgan fingerprint density at radius 3 is 2.54 bits per heavy atom. The third-order valence-electron chi connectivity index (χ3n) is 4.03. The van der Waals surface area contributed by atoms with Gasteiger partial charge in [0.05, 0.1) is 22.3 Å². The number of halogens is 2. The molecule has 26 heavy (non-hydrogen) atoms. The third-order valence-corrected chi connectivity index (χ3v) is 4.03. The third kappa shape index (κ3) is 4.88. The van der Waals surface area contributed by atoms with Gasteiger partial charge in [0.2, 0.25) is 0 Å². The van der Waals surface area contributed by atoms with Gasteiger partial charge in [0.15, 0.2) is 0 Å². The van der Waals surface area contributed by atoms with Crippen molar-refractivity contribution in [1.29, 1.82) is 0 Å². The lowest BCUT2D eigenvalue weighted by Gasteiger charge is -2.14. The lowest BCUT2D eigenvalue weighted by atomic mass is 10.1. The van der Waals surface area contributed by atoms with Crippen molar-refractivity contribution >= 4 is 11.0 Å². The summed E-state index contributed by atoms with van der Waals surface area (Å²) >= 11 is 0. The molecular weight excluding hydrogens is 336 g/mol. The first-order valence-electron chi connectivity index (χ1n) is 8.44. The van der Waals surface area contributed by atoms with Gasteiger partial charge < -0.3 is 10.4 Å². The van der Waals surface area contributed by atoms with Gasteiger partial charge in [0.1, 0.15) is 5.76 Å². The number of fused-ring (bicyclic) bond motifs is 1. The Labute approximate surface area is 152 Å². The summed E-state index contributed by atoms with van der Waals surface area (Å²) in [7, 11) is 0. The van der Waals surface area contributed by atoms with E-state index in [1.165, 1.54) is 6.08 Å². The molecule has 0 fully saturated rings. The molecule has 138 valence electrons. The van der Waals surface area contributed by atoms with E-state index in [1.54, 1.807) is 32.3 Å². The van der Waals surface area contributed by atoms with Crippen LogP contribution in [0.2, 0.25) is 0 Å². The standard InChI is InChI=1S/C20H23F2N3O/c1-4-13(3)10-15(20(21)22)19(26)16(5-2)25-12-14-6-7-17-18(11-14)24-9-8-23-17/h5-11,20,25-26H,4,12H2,1-3H3/b13-10+,16-5+,19-15-. The van der Waals surface area contributed by atoms with E-state index < -0.39 is 12.2 Å². The van der Waals surface area contributed by atoms with Gasteiger partial charge in [-0.3, -0.25) is 9.97 Å². The number of aliphatic hydroxyl groups excluding tert-OH is 1. The van der Waals surface area contributed by atoms with Crippen LogP contribution in [0, 0.1) is 0 Å². The van der Waals surface area contributed by atoms with Crippen LogP contribution in [0.15, 0.2) is 65.3 Å². The SMILES string of the molecule is C\C=C(NCc1ccc2nccnc2c1)/C(O)=C(\C=C(/C)CC)C(F)F. The van der Waals surface area contributed by atoms with Crippen LogP contribution in [0.1, 0.15) is 32.8 Å². The lowest BCUT2D eigenvalue weighted by molar-refractivity contribution is 0.186. The fourth-order valence-corrected chi connectivity index (χ4v) is 2.40. The Hall–Kier alpha value is -2.76. The van der Waals surface area contributed by atoms with E-state index >= 15 is 0 Å². The Kier molecular flexibility index (Phi) is 6.83. The van der Waals surface area contributed by atoms with Crippen molar-refractivity contribution in [1.82, 2.24) is 15.3 Å². The minimum absolute atomic E-state index is 0.264. The summed E-state index contributed by atoms with van der Waals surface area (Å²) in [5.74, 6) is -0.434. The predicted molar refractivity (Wildman–Crippen MR) is 99.8 cm³/mol. The molecule has 2 rings (SSSR count). The number of hydrogen-bond donors (Lipinski definition) is 2. The fourth-order valence-electron chi connectivity index (χ4n) is 2.40. The van der Waals surface area contributed by atoms with E-state index in [2.05, 4.69) is 15.3 Å². The Morgan fingerprint density at radius 1 is 1.23 bits per heavy atom. The average molecular weight is 359 g/mol. The highest BCUT2D eigenvalue weighted by Crippen LogP contribution is 2.21. The maximum absolute atomic E-state index is 13.3. The molecular formula is C20H23F2N3O. The molecule has 0 aliphatic heterocycles. The Morgan fingerprint density at radius 2 is 1.92 bits per heavy atom. The van der Waals surface area contributed by atoms with Crippen LogP contribution in [-0.2, 0) is 6.54 Å². The number of rotatable bonds is 7. The molecule has 0 amide bonds. The van der Waals surface area contributed by atoms with Crippen LogP contribution in [0.3, 0.4) is 0 Å². The minimum atomic E-state index is -2.76. The number of alkyl halides is 2. The van der Waals surface area contributed by atoms with E-state index in [1.807, 2.05) is 25.1 Å². The highest BCUT2D eigenvalue weighted by molar-refractivity contribution is 5.74. The molecule has 0 bridgehead atoms. The molecule has 0 aliphatic rings. The molecule has 0 spiro atoms. The molecule has 2 N–H and O–H groups in total. The summed E-state index contributed by atoms with van der Waals surface area (Å²) in [5.41, 5.74) is 3.10. The summed E-state index contributed by atoms with van der Waals surface area (Å²) in [5, 5.41) is 13.4. The van der Waals surface area contributed by atoms with Crippen LogP contribution in [0.4, 0.5) is 8.78 Å². The number of hydrogen-bond acceptors (Lipinski definition) is 4. The van der Waals surface area contributed by atoms with Crippen molar-refractivity contribution in [2.75, 3.05) is 0 Å². The van der Waals surface area contributed by atoms with Crippen LogP contribution in [-0.4, -0.2) is 21.5 Å². The molecule has 2 aromatic rings. The first-order chi connectivity index (χ1) is 12.5. The smallest absolute Gasteiger partial charge is 0.267 e. The molecule has 0 atom stereocenters. The zero-order valence-corrected chi connectivity index (χ0v) is 15.1. The summed E-state index contributed by atoms with van der Waals surface area (Å²) in [6.45, 7) is 5.69. The molecule has 4 nitrogen and oxygen atoms in total. The zero-order valence-electron chi connectivity index (χ0n) is 15.1. The molecule has 1 aromatic carbocycles. The maximum atomic E-state index is 13.3. The van der Waals surface area contributed by atoms with Gasteiger partial charge in [0, 0.05) is 18.9 Å². The monoisotopic (exact) mass is 359 g/mol. The summed E-state index contributed by atoms with van der Waals surface area (Å²) in [6.07, 6.45) is 4.04. The number of aromatic nitrogens is 2. The number of nitrogens with zero attached hydrogens (tertiary/aromatic N) is 2. The van der Waals surface area contributed by atoms with E-state index in [4.69, 9.17) is 0 Å². The van der Waals surface area contributed by atoms with Gasteiger partial charge in [-0.1, -0.05) is 30.7 Å². The summed E-state index contributed by atoms with van der Waals surface area (Å²) in [6, 6.07) is 5.61. The van der Waals surface area contributed by atoms with E-state index in [0.717, 1.165) is 22.2 Å². The highest BCUT2D eigenvalue weighted by atomic mass is 19.3. The molecule has 0 aliphatic carbocycles. The van der Waals surface area contributed by atoms with Crippen LogP contribution < -0.4 is 5.32 Å². The number of nitrogens with one attached hydrogen (secondary N) is 1. The molecule has 1 heterocycles. The predicted octanol–water partition coefficient (Wildman–Crippen LogP) is 5.06. The fraction of sp³-hybridized carbons (Fsp3) is 0.300. The quantitative estimate of drug-likeness (QED) is 0.536. The second-order valence-electron chi connectivity index (χ2n) is 5.88. The lowest BCUT2D eigenvalue weighted by Crippen LogP contribution is -2.17. The van der Waals surface area contributed by atoms with Crippen LogP contribution in [0.5, 0.6) is 0 Å². The molecule has 0 radical (unpaired) electrons. The molecule has 0 unspecified atom stereocenters. The van der Waals surface area contributed by atoms with Crippen molar-refractivity contribution in [2.24, 2.45) is 0 Å². The first-order valence-corrected chi connectivity index (χ1v) is 8.44. The molecule has 1 aromatic heterocycles. The topological polar surface area (TPSA) is 58.0 Å². The normalized spacial score (nSPS) is 13.9. The number of aliphatic hydroxyl groups is 1. The van der Waals surface area contributed by atoms with Gasteiger partial charge in [-0.15, -0.1) is 0 Å².